The van der Waals surface area contributed by atoms with Gasteiger partial charge in [-0.3, -0.25) is 0 Å². The summed E-state index contributed by atoms with van der Waals surface area (Å²) in [6.07, 6.45) is 2.09. The molecule has 2 heteroatoms. The molecule has 0 aliphatic heterocycles. The van der Waals surface area contributed by atoms with Crippen LogP contribution in [0.5, 0.6) is 0 Å². The van der Waals surface area contributed by atoms with E-state index < -0.39 is 0 Å². The molecule has 0 fully saturated rings. The van der Waals surface area contributed by atoms with Crippen LogP contribution in [0.3, 0.4) is 0 Å². The van der Waals surface area contributed by atoms with E-state index in [1.165, 1.54) is 5.56 Å². The highest BCUT2D eigenvalue weighted by Gasteiger charge is 2.08. The van der Waals surface area contributed by atoms with Crippen LogP contribution in [0.15, 0.2) is 54.6 Å². The summed E-state index contributed by atoms with van der Waals surface area (Å²) in [5, 5.41) is 4.29. The van der Waals surface area contributed by atoms with E-state index in [1.54, 1.807) is 0 Å². The van der Waals surface area contributed by atoms with Gasteiger partial charge in [-0.2, -0.15) is 0 Å². The Morgan fingerprint density at radius 1 is 1.00 bits per heavy atom. The second-order valence-corrected chi connectivity index (χ2v) is 4.83. The van der Waals surface area contributed by atoms with Crippen molar-refractivity contribution in [1.29, 1.82) is 0 Å². The number of anilines is 1. The molecule has 0 heterocycles. The zero-order valence-corrected chi connectivity index (χ0v) is 11.3. The third-order valence-electron chi connectivity index (χ3n) is 3.05. The van der Waals surface area contributed by atoms with Gasteiger partial charge in [0.05, 0.1) is 10.7 Å². The van der Waals surface area contributed by atoms with Crippen LogP contribution in [-0.4, -0.2) is 6.04 Å². The average Bonchev–Trinajstić information content (AvgIpc) is 2.41. The van der Waals surface area contributed by atoms with Gasteiger partial charge >= 0.3 is 0 Å². The summed E-state index contributed by atoms with van der Waals surface area (Å²) >= 11 is 6.17. The van der Waals surface area contributed by atoms with Crippen molar-refractivity contribution in [2.45, 2.75) is 25.8 Å². The minimum absolute atomic E-state index is 0.410. The first-order valence-electron chi connectivity index (χ1n) is 6.34. The Morgan fingerprint density at radius 3 is 2.33 bits per heavy atom. The lowest BCUT2D eigenvalue weighted by Gasteiger charge is -2.19. The molecule has 0 spiro atoms. The quantitative estimate of drug-likeness (QED) is 0.815. The number of hydrogen-bond donors (Lipinski definition) is 1. The minimum Gasteiger partial charge on any atom is -0.381 e. The topological polar surface area (TPSA) is 12.0 Å². The van der Waals surface area contributed by atoms with E-state index in [1.807, 2.05) is 30.3 Å². The molecule has 0 aliphatic carbocycles. The normalized spacial score (nSPS) is 12.1. The number of nitrogens with one attached hydrogen (secondary N) is 1. The second-order valence-electron chi connectivity index (χ2n) is 4.42. The molecule has 0 bridgehead atoms. The van der Waals surface area contributed by atoms with E-state index in [9.17, 15) is 0 Å². The van der Waals surface area contributed by atoms with Gasteiger partial charge in [-0.25, -0.2) is 0 Å². The zero-order chi connectivity index (χ0) is 12.8. The van der Waals surface area contributed by atoms with Gasteiger partial charge in [0.15, 0.2) is 0 Å². The van der Waals surface area contributed by atoms with Crippen LogP contribution in [0.1, 0.15) is 18.9 Å². The molecule has 0 aromatic heterocycles. The molecule has 0 saturated carbocycles. The highest BCUT2D eigenvalue weighted by Crippen LogP contribution is 2.22. The molecule has 1 nitrogen and oxygen atoms in total. The summed E-state index contributed by atoms with van der Waals surface area (Å²) in [5.74, 6) is 0. The maximum absolute atomic E-state index is 6.17. The highest BCUT2D eigenvalue weighted by molar-refractivity contribution is 6.33. The lowest BCUT2D eigenvalue weighted by molar-refractivity contribution is 0.690. The molecule has 2 rings (SSSR count). The zero-order valence-electron chi connectivity index (χ0n) is 10.6. The van der Waals surface area contributed by atoms with E-state index >= 15 is 0 Å². The maximum Gasteiger partial charge on any atom is 0.0637 e. The van der Waals surface area contributed by atoms with Crippen LogP contribution < -0.4 is 5.32 Å². The Labute approximate surface area is 114 Å². The first-order valence-corrected chi connectivity index (χ1v) is 6.72. The first kappa shape index (κ1) is 13.0. The summed E-state index contributed by atoms with van der Waals surface area (Å²) in [5.41, 5.74) is 2.37. The minimum atomic E-state index is 0.410. The summed E-state index contributed by atoms with van der Waals surface area (Å²) < 4.78 is 0. The maximum atomic E-state index is 6.17. The lowest BCUT2D eigenvalue weighted by atomic mass is 10.0. The van der Waals surface area contributed by atoms with Crippen molar-refractivity contribution in [3.8, 4) is 0 Å². The average molecular weight is 260 g/mol. The number of halogens is 1. The summed E-state index contributed by atoms with van der Waals surface area (Å²) in [7, 11) is 0. The van der Waals surface area contributed by atoms with Crippen LogP contribution in [0.25, 0.3) is 0 Å². The van der Waals surface area contributed by atoms with E-state index in [0.717, 1.165) is 23.6 Å². The summed E-state index contributed by atoms with van der Waals surface area (Å²) in [6.45, 7) is 2.19. The molecular formula is C16H18ClN. The van der Waals surface area contributed by atoms with E-state index in [4.69, 9.17) is 11.6 Å². The molecule has 2 aromatic rings. The molecule has 0 aliphatic rings. The Kier molecular flexibility index (Phi) is 4.66. The molecule has 1 N–H and O–H groups in total. The number of para-hydroxylation sites is 1. The second kappa shape index (κ2) is 6.46. The van der Waals surface area contributed by atoms with E-state index in [-0.39, 0.29) is 0 Å². The molecule has 1 unspecified atom stereocenters. The van der Waals surface area contributed by atoms with Crippen LogP contribution in [-0.2, 0) is 6.42 Å². The molecule has 0 amide bonds. The number of rotatable bonds is 5. The molecule has 0 radical (unpaired) electrons. The van der Waals surface area contributed by atoms with Crippen LogP contribution in [0.4, 0.5) is 5.69 Å². The molecule has 94 valence electrons. The Balaban J connectivity index is 2.04. The first-order chi connectivity index (χ1) is 8.79. The fraction of sp³-hybridized carbons (Fsp3) is 0.250. The monoisotopic (exact) mass is 259 g/mol. The standard InChI is InChI=1S/C16H18ClN/c1-2-14(12-13-8-4-3-5-9-13)18-16-11-7-6-10-15(16)17/h3-11,14,18H,2,12H2,1H3. The fourth-order valence-corrected chi connectivity index (χ4v) is 2.18. The van der Waals surface area contributed by atoms with Gasteiger partial charge < -0.3 is 5.32 Å². The van der Waals surface area contributed by atoms with Crippen molar-refractivity contribution >= 4 is 17.3 Å². The van der Waals surface area contributed by atoms with Crippen LogP contribution in [0, 0.1) is 0 Å². The number of benzene rings is 2. The third kappa shape index (κ3) is 3.51. The smallest absolute Gasteiger partial charge is 0.0637 e. The van der Waals surface area contributed by atoms with Crippen molar-refractivity contribution < 1.29 is 0 Å². The predicted octanol–water partition coefficient (Wildman–Crippen LogP) is 4.77. The van der Waals surface area contributed by atoms with Gasteiger partial charge in [0.1, 0.15) is 0 Å². The largest absolute Gasteiger partial charge is 0.381 e. The molecule has 1 atom stereocenters. The number of hydrogen-bond acceptors (Lipinski definition) is 1. The molecule has 0 saturated heterocycles. The summed E-state index contributed by atoms with van der Waals surface area (Å²) in [4.78, 5) is 0. The van der Waals surface area contributed by atoms with Crippen LogP contribution in [0.2, 0.25) is 5.02 Å². The van der Waals surface area contributed by atoms with Gasteiger partial charge in [-0.1, -0.05) is 61.0 Å². The van der Waals surface area contributed by atoms with E-state index in [0.29, 0.717) is 6.04 Å². The van der Waals surface area contributed by atoms with Crippen LogP contribution >= 0.6 is 11.6 Å². The van der Waals surface area contributed by atoms with Gasteiger partial charge in [-0.05, 0) is 30.5 Å². The SMILES string of the molecule is CCC(Cc1ccccc1)Nc1ccccc1Cl. The van der Waals surface area contributed by atoms with Gasteiger partial charge in [0, 0.05) is 6.04 Å². The van der Waals surface area contributed by atoms with Crippen molar-refractivity contribution in [3.05, 3.63) is 65.2 Å². The van der Waals surface area contributed by atoms with Crippen molar-refractivity contribution in [2.75, 3.05) is 5.32 Å². The Hall–Kier alpha value is -1.47. The van der Waals surface area contributed by atoms with Gasteiger partial charge in [-0.15, -0.1) is 0 Å². The summed E-state index contributed by atoms with van der Waals surface area (Å²) in [6, 6.07) is 18.8. The Morgan fingerprint density at radius 2 is 1.67 bits per heavy atom. The lowest BCUT2D eigenvalue weighted by Crippen LogP contribution is -2.21. The Bertz CT molecular complexity index is 481. The highest BCUT2D eigenvalue weighted by atomic mass is 35.5. The van der Waals surface area contributed by atoms with E-state index in [2.05, 4.69) is 36.5 Å². The van der Waals surface area contributed by atoms with Gasteiger partial charge in [0.25, 0.3) is 0 Å². The van der Waals surface area contributed by atoms with Gasteiger partial charge in [0.2, 0.25) is 0 Å². The fourth-order valence-electron chi connectivity index (χ4n) is 1.99. The molecule has 18 heavy (non-hydrogen) atoms. The molecular weight excluding hydrogens is 242 g/mol. The molecule has 2 aromatic carbocycles. The predicted molar refractivity (Wildman–Crippen MR) is 79.3 cm³/mol. The van der Waals surface area contributed by atoms with Crippen molar-refractivity contribution in [3.63, 3.8) is 0 Å². The van der Waals surface area contributed by atoms with Crippen molar-refractivity contribution in [2.24, 2.45) is 0 Å². The third-order valence-corrected chi connectivity index (χ3v) is 3.38. The van der Waals surface area contributed by atoms with Crippen molar-refractivity contribution in [1.82, 2.24) is 0 Å².